The van der Waals surface area contributed by atoms with Crippen molar-refractivity contribution in [1.82, 2.24) is 15.0 Å². The molecule has 0 atom stereocenters. The lowest BCUT2D eigenvalue weighted by Gasteiger charge is -2.27. The number of nitro benzene ring substituents is 1. The Morgan fingerprint density at radius 1 is 1.05 bits per heavy atom. The van der Waals surface area contributed by atoms with Crippen LogP contribution < -0.4 is 25.1 Å². The number of hydrogen-bond acceptors (Lipinski definition) is 13. The van der Waals surface area contributed by atoms with Crippen LogP contribution in [0.25, 0.3) is 0 Å². The predicted molar refractivity (Wildman–Crippen MR) is 164 cm³/mol. The fraction of sp³-hybridized carbons (Fsp3) is 0.233. The molecule has 0 radical (unpaired) electrons. The van der Waals surface area contributed by atoms with Crippen molar-refractivity contribution in [3.05, 3.63) is 93.5 Å². The first-order chi connectivity index (χ1) is 21.4. The number of morpholine rings is 1. The smallest absolute Gasteiger partial charge is 0.343 e. The lowest BCUT2D eigenvalue weighted by Crippen LogP contribution is -2.37. The van der Waals surface area contributed by atoms with Crippen LogP contribution in [0.4, 0.5) is 29.2 Å². The molecular weight excluding hydrogens is 568 g/mol. The number of nitrogens with zero attached hydrogens (tertiary/aromatic N) is 6. The Bertz CT molecular complexity index is 1660. The molecule has 0 amide bonds. The number of esters is 1. The third-order valence-electron chi connectivity index (χ3n) is 6.43. The van der Waals surface area contributed by atoms with E-state index in [2.05, 4.69) is 30.8 Å². The summed E-state index contributed by atoms with van der Waals surface area (Å²) in [6.07, 6.45) is 1.55. The van der Waals surface area contributed by atoms with Gasteiger partial charge in [-0.15, -0.1) is 0 Å². The minimum atomic E-state index is -0.669. The minimum Gasteiger partial charge on any atom is -0.490 e. The summed E-state index contributed by atoms with van der Waals surface area (Å²) in [4.78, 5) is 39.0. The molecule has 44 heavy (non-hydrogen) atoms. The van der Waals surface area contributed by atoms with Crippen molar-refractivity contribution in [1.29, 1.82) is 0 Å². The largest absolute Gasteiger partial charge is 0.490 e. The number of carbonyl (C=O) groups excluding carboxylic acids is 1. The number of aryl methyl sites for hydroxylation is 1. The lowest BCUT2D eigenvalue weighted by atomic mass is 10.1. The molecule has 0 aliphatic carbocycles. The number of hydrazone groups is 1. The molecule has 3 aromatic carbocycles. The molecule has 4 aromatic rings. The monoisotopic (exact) mass is 598 g/mol. The van der Waals surface area contributed by atoms with E-state index in [4.69, 9.17) is 14.2 Å². The van der Waals surface area contributed by atoms with Crippen molar-refractivity contribution < 1.29 is 23.9 Å². The maximum Gasteiger partial charge on any atom is 0.343 e. The van der Waals surface area contributed by atoms with Crippen molar-refractivity contribution in [2.24, 2.45) is 5.10 Å². The second-order valence-corrected chi connectivity index (χ2v) is 9.53. The third kappa shape index (κ3) is 7.60. The Morgan fingerprint density at radius 2 is 1.82 bits per heavy atom. The number of nitro groups is 1. The summed E-state index contributed by atoms with van der Waals surface area (Å²) in [7, 11) is 0. The number of ether oxygens (including phenoxy) is 3. The standard InChI is InChI=1S/C30H30N8O6/c1-3-43-26-18-21(9-12-25(26)44-27(39)22-10-11-24(38(40)41)20(2)17-22)19-31-36-29-33-28(32-23-7-5-4-6-8-23)34-30(35-29)37-13-15-42-16-14-37/h4-12,17-19H,3,13-16H2,1-2H3,(H2,32,33,34,35,36)/b31-19-. The second kappa shape index (κ2) is 14.0. The van der Waals surface area contributed by atoms with Crippen LogP contribution >= 0.6 is 0 Å². The summed E-state index contributed by atoms with van der Waals surface area (Å²) in [5.74, 6) is 0.948. The van der Waals surface area contributed by atoms with Crippen LogP contribution in [0.1, 0.15) is 28.4 Å². The molecule has 1 aliphatic rings. The second-order valence-electron chi connectivity index (χ2n) is 9.53. The molecule has 2 heterocycles. The van der Waals surface area contributed by atoms with Crippen molar-refractivity contribution in [3.63, 3.8) is 0 Å². The van der Waals surface area contributed by atoms with Gasteiger partial charge in [-0.2, -0.15) is 20.1 Å². The third-order valence-corrected chi connectivity index (χ3v) is 6.43. The first-order valence-corrected chi connectivity index (χ1v) is 13.8. The number of aromatic nitrogens is 3. The van der Waals surface area contributed by atoms with Crippen molar-refractivity contribution in [2.75, 3.05) is 48.6 Å². The van der Waals surface area contributed by atoms with Gasteiger partial charge >= 0.3 is 5.97 Å². The van der Waals surface area contributed by atoms with Gasteiger partial charge in [0.25, 0.3) is 5.69 Å². The molecule has 1 fully saturated rings. The average molecular weight is 599 g/mol. The zero-order valence-electron chi connectivity index (χ0n) is 24.1. The molecule has 1 aliphatic heterocycles. The van der Waals surface area contributed by atoms with E-state index in [1.54, 1.807) is 31.3 Å². The van der Waals surface area contributed by atoms with E-state index in [-0.39, 0.29) is 22.9 Å². The van der Waals surface area contributed by atoms with Crippen LogP contribution in [0.15, 0.2) is 71.8 Å². The van der Waals surface area contributed by atoms with E-state index < -0.39 is 10.9 Å². The fourth-order valence-electron chi connectivity index (χ4n) is 4.29. The summed E-state index contributed by atoms with van der Waals surface area (Å²) in [5.41, 5.74) is 4.81. The number of nitrogens with one attached hydrogen (secondary N) is 2. The highest BCUT2D eigenvalue weighted by atomic mass is 16.6. The Morgan fingerprint density at radius 3 is 2.55 bits per heavy atom. The van der Waals surface area contributed by atoms with Crippen molar-refractivity contribution in [2.45, 2.75) is 13.8 Å². The molecule has 0 bridgehead atoms. The van der Waals surface area contributed by atoms with Crippen molar-refractivity contribution in [3.8, 4) is 11.5 Å². The summed E-state index contributed by atoms with van der Waals surface area (Å²) in [6, 6.07) is 18.6. The summed E-state index contributed by atoms with van der Waals surface area (Å²) >= 11 is 0. The number of carbonyl (C=O) groups is 1. The summed E-state index contributed by atoms with van der Waals surface area (Å²) < 4.78 is 16.7. The Hall–Kier alpha value is -5.63. The Labute approximate surface area is 252 Å². The highest BCUT2D eigenvalue weighted by Gasteiger charge is 2.18. The van der Waals surface area contributed by atoms with E-state index in [1.807, 2.05) is 42.2 Å². The molecule has 0 saturated carbocycles. The van der Waals surface area contributed by atoms with Gasteiger partial charge in [0.15, 0.2) is 11.5 Å². The predicted octanol–water partition coefficient (Wildman–Crippen LogP) is 4.73. The molecule has 0 spiro atoms. The van der Waals surface area contributed by atoms with Gasteiger partial charge in [-0.3, -0.25) is 10.1 Å². The Balaban J connectivity index is 1.32. The molecule has 0 unspecified atom stereocenters. The topological polar surface area (TPSA) is 166 Å². The molecule has 5 rings (SSSR count). The minimum absolute atomic E-state index is 0.0769. The molecule has 226 valence electrons. The molecule has 14 heteroatoms. The van der Waals surface area contributed by atoms with Crippen LogP contribution in [-0.4, -0.2) is 65.0 Å². The number of rotatable bonds is 11. The molecule has 1 aromatic heterocycles. The molecule has 2 N–H and O–H groups in total. The van der Waals surface area contributed by atoms with Crippen LogP contribution in [0, 0.1) is 17.0 Å². The van der Waals surface area contributed by atoms with E-state index in [0.717, 1.165) is 5.69 Å². The van der Waals surface area contributed by atoms with Gasteiger partial charge in [0.2, 0.25) is 17.8 Å². The normalized spacial score (nSPS) is 13.0. The van der Waals surface area contributed by atoms with E-state index in [1.165, 1.54) is 18.2 Å². The summed E-state index contributed by atoms with van der Waals surface area (Å²) in [5, 5.41) is 18.6. The van der Waals surface area contributed by atoms with Gasteiger partial charge in [-0.1, -0.05) is 18.2 Å². The van der Waals surface area contributed by atoms with Crippen molar-refractivity contribution >= 4 is 41.4 Å². The SMILES string of the molecule is CCOc1cc(/C=N\Nc2nc(Nc3ccccc3)nc(N3CCOCC3)n2)ccc1OC(=O)c1ccc([N+](=O)[O-])c(C)c1. The Kier molecular flexibility index (Phi) is 9.51. The van der Waals surface area contributed by atoms with Gasteiger partial charge in [-0.25, -0.2) is 10.2 Å². The van der Waals surface area contributed by atoms with E-state index in [0.29, 0.717) is 61.7 Å². The average Bonchev–Trinajstić information content (AvgIpc) is 3.03. The number of anilines is 4. The fourth-order valence-corrected chi connectivity index (χ4v) is 4.29. The van der Waals surface area contributed by atoms with Crippen LogP contribution in [0.5, 0.6) is 11.5 Å². The number of para-hydroxylation sites is 1. The van der Waals surface area contributed by atoms with Gasteiger partial charge in [0.1, 0.15) is 0 Å². The molecule has 14 nitrogen and oxygen atoms in total. The quantitative estimate of drug-likeness (QED) is 0.0802. The highest BCUT2D eigenvalue weighted by Crippen LogP contribution is 2.29. The van der Waals surface area contributed by atoms with Crippen LogP contribution in [-0.2, 0) is 4.74 Å². The maximum absolute atomic E-state index is 12.8. The molecule has 1 saturated heterocycles. The van der Waals surface area contributed by atoms with Crippen LogP contribution in [0.2, 0.25) is 0 Å². The van der Waals surface area contributed by atoms with E-state index in [9.17, 15) is 14.9 Å². The first-order valence-electron chi connectivity index (χ1n) is 13.8. The number of benzene rings is 3. The van der Waals surface area contributed by atoms with Gasteiger partial charge in [0.05, 0.1) is 36.5 Å². The highest BCUT2D eigenvalue weighted by molar-refractivity contribution is 5.92. The van der Waals surface area contributed by atoms with Gasteiger partial charge < -0.3 is 24.4 Å². The zero-order valence-corrected chi connectivity index (χ0v) is 24.1. The van der Waals surface area contributed by atoms with Crippen LogP contribution in [0.3, 0.4) is 0 Å². The molecular formula is C30H30N8O6. The maximum atomic E-state index is 12.8. The first kappa shape index (κ1) is 29.8. The van der Waals surface area contributed by atoms with Gasteiger partial charge in [0, 0.05) is 30.4 Å². The van der Waals surface area contributed by atoms with Gasteiger partial charge in [-0.05, 0) is 61.9 Å². The van der Waals surface area contributed by atoms with E-state index >= 15 is 0 Å². The zero-order chi connectivity index (χ0) is 30.9. The lowest BCUT2D eigenvalue weighted by molar-refractivity contribution is -0.385. The summed E-state index contributed by atoms with van der Waals surface area (Å²) in [6.45, 7) is 6.15. The number of hydrogen-bond donors (Lipinski definition) is 2.